The van der Waals surface area contributed by atoms with Gasteiger partial charge in [0, 0.05) is 32.2 Å². The topological polar surface area (TPSA) is 214 Å². The number of nitrogens with zero attached hydrogens (tertiary/aromatic N) is 3. The van der Waals surface area contributed by atoms with E-state index in [-0.39, 0.29) is 60.5 Å². The lowest BCUT2D eigenvalue weighted by molar-refractivity contribution is -0.142. The fourth-order valence-electron chi connectivity index (χ4n) is 8.76. The average molecular weight is 973 g/mol. The average Bonchev–Trinajstić information content (AvgIpc) is 3.98. The second-order valence-corrected chi connectivity index (χ2v) is 21.6. The van der Waals surface area contributed by atoms with E-state index >= 15 is 0 Å². The summed E-state index contributed by atoms with van der Waals surface area (Å²) in [5, 5.41) is 19.8. The SMILES string of the molecule is CCOc1cc(C(CS(C)(=O)=O)N2C(=O)c3cccc(NC(=O)CCCCCCCN[C@H](C(=O)N4CC(O)CC4C(=O)NCc4ccc(-c5scnc5C)cc4)C(C)(C)C)c3C2=O)ccc1OC. The number of sulfone groups is 1. The molecule has 0 spiro atoms. The first-order valence-electron chi connectivity index (χ1n) is 23.1. The first kappa shape index (κ1) is 51.7. The number of carbonyl (C=O) groups is 5. The number of aliphatic hydroxyl groups is 1. The first-order chi connectivity index (χ1) is 32.3. The third-order valence-electron chi connectivity index (χ3n) is 12.2. The van der Waals surface area contributed by atoms with Crippen LogP contribution in [0.15, 0.2) is 66.2 Å². The molecule has 366 valence electrons. The van der Waals surface area contributed by atoms with E-state index in [1.54, 1.807) is 48.6 Å². The molecule has 68 heavy (non-hydrogen) atoms. The number of hydrogen-bond donors (Lipinski definition) is 4. The van der Waals surface area contributed by atoms with Crippen molar-refractivity contribution in [3.63, 3.8) is 0 Å². The van der Waals surface area contributed by atoms with Crippen LogP contribution in [0.2, 0.25) is 0 Å². The number of fused-ring (bicyclic) bond motifs is 1. The van der Waals surface area contributed by atoms with Crippen molar-refractivity contribution in [3.8, 4) is 21.9 Å². The molecule has 3 aromatic carbocycles. The fourth-order valence-corrected chi connectivity index (χ4v) is 10.5. The molecule has 2 aliphatic heterocycles. The summed E-state index contributed by atoms with van der Waals surface area (Å²) in [6.45, 7) is 10.9. The second kappa shape index (κ2) is 22.6. The van der Waals surface area contributed by atoms with Gasteiger partial charge in [-0.05, 0) is 79.6 Å². The van der Waals surface area contributed by atoms with Crippen LogP contribution in [0, 0.1) is 12.3 Å². The number of hydrogen-bond acceptors (Lipinski definition) is 13. The smallest absolute Gasteiger partial charge is 0.264 e. The molecule has 16 nitrogen and oxygen atoms in total. The minimum absolute atomic E-state index is 0.00221. The minimum atomic E-state index is -3.70. The van der Waals surface area contributed by atoms with Gasteiger partial charge >= 0.3 is 0 Å². The largest absolute Gasteiger partial charge is 0.493 e. The molecule has 4 N–H and O–H groups in total. The molecule has 5 amide bonds. The number of nitrogens with one attached hydrogen (secondary N) is 3. The molecule has 3 unspecified atom stereocenters. The van der Waals surface area contributed by atoms with Crippen molar-refractivity contribution in [1.29, 1.82) is 0 Å². The lowest BCUT2D eigenvalue weighted by atomic mass is 9.85. The zero-order valence-corrected chi connectivity index (χ0v) is 41.6. The number of β-amino-alcohol motifs (C(OH)–C–C–N with tert-alkyl or cyclic N) is 1. The number of imide groups is 1. The van der Waals surface area contributed by atoms with Gasteiger partial charge in [-0.1, -0.05) is 76.4 Å². The first-order valence-corrected chi connectivity index (χ1v) is 26.0. The number of methoxy groups -OCH3 is 1. The molecule has 4 atom stereocenters. The molecule has 0 aliphatic carbocycles. The molecule has 3 heterocycles. The Labute approximate surface area is 403 Å². The summed E-state index contributed by atoms with van der Waals surface area (Å²) in [4.78, 5) is 76.5. The lowest BCUT2D eigenvalue weighted by Crippen LogP contribution is -2.56. The van der Waals surface area contributed by atoms with E-state index in [2.05, 4.69) is 20.9 Å². The van der Waals surface area contributed by atoms with Gasteiger partial charge in [0.05, 0.1) is 70.6 Å². The van der Waals surface area contributed by atoms with Crippen LogP contribution in [0.1, 0.15) is 116 Å². The van der Waals surface area contributed by atoms with Gasteiger partial charge in [-0.3, -0.25) is 28.9 Å². The van der Waals surface area contributed by atoms with Crippen molar-refractivity contribution in [2.24, 2.45) is 5.41 Å². The van der Waals surface area contributed by atoms with Crippen LogP contribution >= 0.6 is 11.3 Å². The van der Waals surface area contributed by atoms with Crippen molar-refractivity contribution in [1.82, 2.24) is 25.4 Å². The maximum absolute atomic E-state index is 14.1. The van der Waals surface area contributed by atoms with Gasteiger partial charge in [-0.25, -0.2) is 13.4 Å². The predicted octanol–water partition coefficient (Wildman–Crippen LogP) is 6.47. The molecule has 2 aliphatic rings. The van der Waals surface area contributed by atoms with Crippen molar-refractivity contribution < 1.29 is 47.0 Å². The number of carbonyl (C=O) groups excluding carboxylic acids is 5. The summed E-state index contributed by atoms with van der Waals surface area (Å²) in [6, 6.07) is 14.7. The van der Waals surface area contributed by atoms with Crippen molar-refractivity contribution in [2.75, 3.05) is 44.1 Å². The second-order valence-electron chi connectivity index (χ2n) is 18.6. The summed E-state index contributed by atoms with van der Waals surface area (Å²) in [6.07, 6.45) is 4.33. The number of rotatable bonds is 22. The highest BCUT2D eigenvalue weighted by atomic mass is 32.2. The number of ether oxygens (including phenoxy) is 2. The zero-order valence-electron chi connectivity index (χ0n) is 39.9. The molecular weight excluding hydrogens is 909 g/mol. The maximum atomic E-state index is 14.1. The van der Waals surface area contributed by atoms with Gasteiger partial charge in [0.15, 0.2) is 11.5 Å². The van der Waals surface area contributed by atoms with Gasteiger partial charge in [-0.15, -0.1) is 11.3 Å². The van der Waals surface area contributed by atoms with E-state index in [4.69, 9.17) is 9.47 Å². The fraction of sp³-hybridized carbons (Fsp3) is 0.480. The van der Waals surface area contributed by atoms with Crippen LogP contribution in [0.25, 0.3) is 10.4 Å². The van der Waals surface area contributed by atoms with Crippen molar-refractivity contribution >= 4 is 56.4 Å². The maximum Gasteiger partial charge on any atom is 0.264 e. The quantitative estimate of drug-likeness (QED) is 0.0493. The highest BCUT2D eigenvalue weighted by Gasteiger charge is 2.45. The molecule has 0 saturated carbocycles. The number of amides is 5. The Kier molecular flexibility index (Phi) is 17.2. The highest BCUT2D eigenvalue weighted by molar-refractivity contribution is 7.90. The van der Waals surface area contributed by atoms with Gasteiger partial charge in [0.1, 0.15) is 15.9 Å². The Bertz CT molecular complexity index is 2570. The van der Waals surface area contributed by atoms with Crippen LogP contribution in [0.4, 0.5) is 5.69 Å². The van der Waals surface area contributed by atoms with E-state index < -0.39 is 57.0 Å². The Morgan fingerprint density at radius 2 is 1.69 bits per heavy atom. The molecule has 4 aromatic rings. The molecule has 1 saturated heterocycles. The lowest BCUT2D eigenvalue weighted by Gasteiger charge is -2.35. The molecule has 0 radical (unpaired) electrons. The predicted molar refractivity (Wildman–Crippen MR) is 261 cm³/mol. The number of thiazole rings is 1. The van der Waals surface area contributed by atoms with E-state index in [1.807, 2.05) is 57.5 Å². The molecular formula is C50H64N6O10S2. The number of anilines is 1. The Balaban J connectivity index is 0.964. The summed E-state index contributed by atoms with van der Waals surface area (Å²) < 4.78 is 36.4. The van der Waals surface area contributed by atoms with Crippen molar-refractivity contribution in [3.05, 3.63) is 94.1 Å². The van der Waals surface area contributed by atoms with E-state index in [0.717, 1.165) is 58.5 Å². The number of benzene rings is 3. The molecule has 1 aromatic heterocycles. The van der Waals surface area contributed by atoms with Crippen LogP contribution < -0.4 is 25.4 Å². The number of likely N-dealkylation sites (tertiary alicyclic amines) is 1. The highest BCUT2D eigenvalue weighted by Crippen LogP contribution is 2.39. The van der Waals surface area contributed by atoms with Gasteiger partial charge < -0.3 is 35.4 Å². The van der Waals surface area contributed by atoms with Gasteiger partial charge in [-0.2, -0.15) is 0 Å². The van der Waals surface area contributed by atoms with Crippen molar-refractivity contribution in [2.45, 2.75) is 110 Å². The number of aryl methyl sites for hydroxylation is 1. The standard InChI is InChI=1S/C50H64N6O10S2/c1-8-66-41-25-34(22-23-40(41)65-6)39(29-68(7,63)64)56-47(60)36-15-14-16-37(43(36)48(56)61)54-42(58)17-12-10-9-11-13-24-51-45(50(3,4)5)49(62)55-28-35(57)26-38(55)46(59)52-27-32-18-20-33(21-19-32)44-31(2)53-30-67-44/h14-16,18-23,25,30,35,38-39,45,51,57H,8-13,17,24,26-29H2,1-7H3,(H,52,59)(H,54,58)/t35?,38?,39?,45-/m1/s1. The Morgan fingerprint density at radius 3 is 2.35 bits per heavy atom. The summed E-state index contributed by atoms with van der Waals surface area (Å²) in [5.41, 5.74) is 4.89. The molecule has 0 bridgehead atoms. The van der Waals surface area contributed by atoms with Crippen LogP contribution in [-0.4, -0.2) is 115 Å². The van der Waals surface area contributed by atoms with Gasteiger partial charge in [0.25, 0.3) is 11.8 Å². The normalized spacial score (nSPS) is 16.9. The third kappa shape index (κ3) is 12.7. The van der Waals surface area contributed by atoms with E-state index in [0.29, 0.717) is 36.6 Å². The van der Waals surface area contributed by atoms with Crippen LogP contribution in [0.3, 0.4) is 0 Å². The van der Waals surface area contributed by atoms with Gasteiger partial charge in [0.2, 0.25) is 17.7 Å². The Morgan fingerprint density at radius 1 is 0.971 bits per heavy atom. The van der Waals surface area contributed by atoms with Crippen LogP contribution in [0.5, 0.6) is 11.5 Å². The molecule has 6 rings (SSSR count). The van der Waals surface area contributed by atoms with Crippen LogP contribution in [-0.2, 0) is 30.8 Å². The number of aliphatic hydroxyl groups excluding tert-OH is 1. The summed E-state index contributed by atoms with van der Waals surface area (Å²) in [5.74, 6) is -2.03. The minimum Gasteiger partial charge on any atom is -0.493 e. The third-order valence-corrected chi connectivity index (χ3v) is 14.1. The monoisotopic (exact) mass is 972 g/mol. The molecule has 18 heteroatoms. The Hall–Kier alpha value is -5.69. The summed E-state index contributed by atoms with van der Waals surface area (Å²) in [7, 11) is -2.23. The number of unbranched alkanes of at least 4 members (excludes halogenated alkanes) is 4. The summed E-state index contributed by atoms with van der Waals surface area (Å²) >= 11 is 1.58. The number of aromatic nitrogens is 1. The van der Waals surface area contributed by atoms with E-state index in [9.17, 15) is 37.5 Å². The zero-order chi connectivity index (χ0) is 49.3. The van der Waals surface area contributed by atoms with E-state index in [1.165, 1.54) is 18.1 Å². The molecule has 1 fully saturated rings.